The summed E-state index contributed by atoms with van der Waals surface area (Å²) in [5.74, 6) is 0. The maximum Gasteiger partial charge on any atom is 0.0900 e. The largest absolute Gasteiger partial charge is 0.246 e. The van der Waals surface area contributed by atoms with Gasteiger partial charge < -0.3 is 0 Å². The molecule has 1 aliphatic carbocycles. The first-order valence-corrected chi connectivity index (χ1v) is 5.63. The third-order valence-electron chi connectivity index (χ3n) is 2.45. The second kappa shape index (κ2) is 3.56. The number of aromatic nitrogens is 1. The zero-order valence-corrected chi connectivity index (χ0v) is 8.41. The summed E-state index contributed by atoms with van der Waals surface area (Å²) in [6.07, 6.45) is 8.03. The van der Waals surface area contributed by atoms with Gasteiger partial charge in [0.25, 0.3) is 0 Å². The summed E-state index contributed by atoms with van der Waals surface area (Å²) in [6, 6.07) is 0. The molecule has 66 valence electrons. The van der Waals surface area contributed by atoms with Crippen molar-refractivity contribution in [1.82, 2.24) is 4.98 Å². The van der Waals surface area contributed by atoms with E-state index >= 15 is 0 Å². The van der Waals surface area contributed by atoms with Crippen molar-refractivity contribution in [3.05, 3.63) is 15.6 Å². The molecule has 0 aromatic carbocycles. The lowest BCUT2D eigenvalue weighted by atomic mass is 10.0. The molecule has 1 aromatic rings. The standard InChI is InChI=1S/C10H15NS/c1-8-11-9-6-4-2-3-5-7-10(9)12-8/h2-7H2,1H3. The Morgan fingerprint density at radius 1 is 1.08 bits per heavy atom. The molecule has 2 heteroatoms. The van der Waals surface area contributed by atoms with Gasteiger partial charge in [-0.05, 0) is 32.6 Å². The molecular weight excluding hydrogens is 166 g/mol. The van der Waals surface area contributed by atoms with E-state index < -0.39 is 0 Å². The van der Waals surface area contributed by atoms with Crippen molar-refractivity contribution in [2.45, 2.75) is 45.4 Å². The van der Waals surface area contributed by atoms with Gasteiger partial charge in [0.15, 0.2) is 0 Å². The number of hydrogen-bond donors (Lipinski definition) is 0. The Labute approximate surface area is 77.8 Å². The van der Waals surface area contributed by atoms with Gasteiger partial charge in [-0.15, -0.1) is 11.3 Å². The molecule has 0 atom stereocenters. The summed E-state index contributed by atoms with van der Waals surface area (Å²) in [7, 11) is 0. The molecule has 0 bridgehead atoms. The van der Waals surface area contributed by atoms with Gasteiger partial charge in [-0.3, -0.25) is 0 Å². The van der Waals surface area contributed by atoms with Gasteiger partial charge in [-0.1, -0.05) is 12.8 Å². The van der Waals surface area contributed by atoms with Gasteiger partial charge in [0.2, 0.25) is 0 Å². The lowest BCUT2D eigenvalue weighted by molar-refractivity contribution is 0.615. The average molecular weight is 181 g/mol. The molecule has 0 aliphatic heterocycles. The molecule has 1 nitrogen and oxygen atoms in total. The summed E-state index contributed by atoms with van der Waals surface area (Å²) in [6.45, 7) is 2.12. The fraction of sp³-hybridized carbons (Fsp3) is 0.700. The van der Waals surface area contributed by atoms with E-state index in [9.17, 15) is 0 Å². The van der Waals surface area contributed by atoms with Crippen molar-refractivity contribution >= 4 is 11.3 Å². The first-order valence-electron chi connectivity index (χ1n) is 4.81. The highest BCUT2D eigenvalue weighted by Crippen LogP contribution is 2.24. The van der Waals surface area contributed by atoms with E-state index in [1.807, 2.05) is 11.3 Å². The van der Waals surface area contributed by atoms with Gasteiger partial charge in [0.05, 0.1) is 10.7 Å². The van der Waals surface area contributed by atoms with Crippen LogP contribution in [0, 0.1) is 6.92 Å². The van der Waals surface area contributed by atoms with Crippen molar-refractivity contribution in [3.63, 3.8) is 0 Å². The monoisotopic (exact) mass is 181 g/mol. The summed E-state index contributed by atoms with van der Waals surface area (Å²) in [5.41, 5.74) is 1.40. The zero-order chi connectivity index (χ0) is 8.39. The molecule has 0 amide bonds. The average Bonchev–Trinajstić information content (AvgIpc) is 2.32. The molecule has 0 saturated carbocycles. The SMILES string of the molecule is Cc1nc2c(s1)CCCCCC2. The maximum atomic E-state index is 4.57. The third-order valence-corrected chi connectivity index (χ3v) is 3.53. The lowest BCUT2D eigenvalue weighted by Crippen LogP contribution is -1.96. The second-order valence-electron chi connectivity index (χ2n) is 3.52. The molecular formula is C10H15NS. The zero-order valence-electron chi connectivity index (χ0n) is 7.60. The smallest absolute Gasteiger partial charge is 0.0900 e. The van der Waals surface area contributed by atoms with Gasteiger partial charge in [-0.25, -0.2) is 4.98 Å². The number of rotatable bonds is 0. The highest BCUT2D eigenvalue weighted by molar-refractivity contribution is 7.11. The molecule has 0 radical (unpaired) electrons. The summed E-state index contributed by atoms with van der Waals surface area (Å²) in [4.78, 5) is 6.13. The van der Waals surface area contributed by atoms with Gasteiger partial charge in [0, 0.05) is 4.88 Å². The predicted octanol–water partition coefficient (Wildman–Crippen LogP) is 3.11. The predicted molar refractivity (Wildman–Crippen MR) is 52.7 cm³/mol. The topological polar surface area (TPSA) is 12.9 Å². The number of fused-ring (bicyclic) bond motifs is 1. The number of hydrogen-bond acceptors (Lipinski definition) is 2. The number of thiazole rings is 1. The molecule has 12 heavy (non-hydrogen) atoms. The molecule has 0 spiro atoms. The Bertz CT molecular complexity index is 239. The van der Waals surface area contributed by atoms with Crippen LogP contribution in [-0.4, -0.2) is 4.98 Å². The van der Waals surface area contributed by atoms with Crippen molar-refractivity contribution in [2.24, 2.45) is 0 Å². The third kappa shape index (κ3) is 1.69. The summed E-state index contributed by atoms with van der Waals surface area (Å²) >= 11 is 1.90. The first kappa shape index (κ1) is 8.24. The molecule has 0 saturated heterocycles. The first-order chi connectivity index (χ1) is 5.86. The van der Waals surface area contributed by atoms with E-state index in [1.165, 1.54) is 49.2 Å². The molecule has 1 aromatic heterocycles. The van der Waals surface area contributed by atoms with Crippen LogP contribution in [0.25, 0.3) is 0 Å². The Balaban J connectivity index is 2.23. The van der Waals surface area contributed by atoms with Crippen LogP contribution in [0.15, 0.2) is 0 Å². The van der Waals surface area contributed by atoms with Crippen LogP contribution in [0.2, 0.25) is 0 Å². The highest BCUT2D eigenvalue weighted by Gasteiger charge is 2.10. The van der Waals surface area contributed by atoms with Gasteiger partial charge in [0.1, 0.15) is 0 Å². The minimum Gasteiger partial charge on any atom is -0.246 e. The molecule has 1 aliphatic rings. The van der Waals surface area contributed by atoms with Crippen molar-refractivity contribution in [3.8, 4) is 0 Å². The van der Waals surface area contributed by atoms with Crippen molar-refractivity contribution < 1.29 is 0 Å². The molecule has 0 N–H and O–H groups in total. The van der Waals surface area contributed by atoms with E-state index in [0.717, 1.165) is 0 Å². The Hall–Kier alpha value is -0.370. The van der Waals surface area contributed by atoms with E-state index in [4.69, 9.17) is 0 Å². The van der Waals surface area contributed by atoms with Crippen LogP contribution in [0.3, 0.4) is 0 Å². The summed E-state index contributed by atoms with van der Waals surface area (Å²) < 4.78 is 0. The Kier molecular flexibility index (Phi) is 2.45. The van der Waals surface area contributed by atoms with Gasteiger partial charge >= 0.3 is 0 Å². The van der Waals surface area contributed by atoms with Crippen molar-refractivity contribution in [1.29, 1.82) is 0 Å². The minimum absolute atomic E-state index is 1.22. The van der Waals surface area contributed by atoms with Crippen LogP contribution < -0.4 is 0 Å². The van der Waals surface area contributed by atoms with E-state index in [1.54, 1.807) is 4.88 Å². The molecule has 0 fully saturated rings. The van der Waals surface area contributed by atoms with Crippen LogP contribution in [0.4, 0.5) is 0 Å². The van der Waals surface area contributed by atoms with E-state index in [-0.39, 0.29) is 0 Å². The Morgan fingerprint density at radius 3 is 2.67 bits per heavy atom. The van der Waals surface area contributed by atoms with Crippen LogP contribution >= 0.6 is 11.3 Å². The fourth-order valence-electron chi connectivity index (χ4n) is 1.83. The maximum absolute atomic E-state index is 4.57. The second-order valence-corrected chi connectivity index (χ2v) is 4.80. The van der Waals surface area contributed by atoms with Crippen molar-refractivity contribution in [2.75, 3.05) is 0 Å². The normalized spacial score (nSPS) is 18.1. The van der Waals surface area contributed by atoms with Crippen LogP contribution in [0.1, 0.15) is 41.3 Å². The highest BCUT2D eigenvalue weighted by atomic mass is 32.1. The molecule has 1 heterocycles. The number of aryl methyl sites for hydroxylation is 3. The minimum atomic E-state index is 1.22. The summed E-state index contributed by atoms with van der Waals surface area (Å²) in [5, 5.41) is 1.25. The van der Waals surface area contributed by atoms with Crippen LogP contribution in [-0.2, 0) is 12.8 Å². The van der Waals surface area contributed by atoms with E-state index in [2.05, 4.69) is 11.9 Å². The fourth-order valence-corrected chi connectivity index (χ4v) is 2.86. The van der Waals surface area contributed by atoms with E-state index in [0.29, 0.717) is 0 Å². The quantitative estimate of drug-likeness (QED) is 0.599. The molecule has 2 rings (SSSR count). The van der Waals surface area contributed by atoms with Gasteiger partial charge in [-0.2, -0.15) is 0 Å². The number of nitrogens with zero attached hydrogens (tertiary/aromatic N) is 1. The van der Waals surface area contributed by atoms with Crippen LogP contribution in [0.5, 0.6) is 0 Å². The lowest BCUT2D eigenvalue weighted by Gasteiger charge is -2.06. The Morgan fingerprint density at radius 2 is 1.83 bits per heavy atom. The molecule has 0 unspecified atom stereocenters.